The second kappa shape index (κ2) is 7.36. The van der Waals surface area contributed by atoms with Gasteiger partial charge in [0.1, 0.15) is 0 Å². The number of esters is 1. The number of methoxy groups -OCH3 is 1. The first-order valence-corrected chi connectivity index (χ1v) is 7.01. The predicted octanol–water partition coefficient (Wildman–Crippen LogP) is 3.19. The number of anilines is 1. The molecule has 0 fully saturated rings. The van der Waals surface area contributed by atoms with Crippen LogP contribution < -0.4 is 10.1 Å². The first kappa shape index (κ1) is 15.7. The molecule has 2 N–H and O–H groups in total. The summed E-state index contributed by atoms with van der Waals surface area (Å²) in [5, 5.41) is 13.3. The third kappa shape index (κ3) is 3.69. The Morgan fingerprint density at radius 1 is 1.18 bits per heavy atom. The molecule has 0 amide bonds. The Balaban J connectivity index is 2.04. The number of carbonyl (C=O) groups is 1. The number of hydrogen-bond donors (Lipinski definition) is 2. The van der Waals surface area contributed by atoms with E-state index in [1.165, 1.54) is 7.11 Å². The van der Waals surface area contributed by atoms with Crippen molar-refractivity contribution in [3.63, 3.8) is 0 Å². The van der Waals surface area contributed by atoms with Gasteiger partial charge in [-0.15, -0.1) is 0 Å². The molecule has 0 aliphatic heterocycles. The third-order valence-electron chi connectivity index (χ3n) is 3.17. The van der Waals surface area contributed by atoms with E-state index in [1.54, 1.807) is 30.3 Å². The Hall–Kier alpha value is -2.69. The zero-order valence-electron chi connectivity index (χ0n) is 12.6. The first-order valence-electron chi connectivity index (χ1n) is 7.01. The molecule has 0 bridgehead atoms. The number of rotatable bonds is 6. The van der Waals surface area contributed by atoms with Crippen LogP contribution in [0.3, 0.4) is 0 Å². The quantitative estimate of drug-likeness (QED) is 0.802. The smallest absolute Gasteiger partial charge is 0.337 e. The van der Waals surface area contributed by atoms with Crippen molar-refractivity contribution in [2.24, 2.45) is 0 Å². The van der Waals surface area contributed by atoms with Crippen LogP contribution in [-0.2, 0) is 11.3 Å². The van der Waals surface area contributed by atoms with E-state index in [9.17, 15) is 9.90 Å². The Kier molecular flexibility index (Phi) is 5.25. The van der Waals surface area contributed by atoms with Crippen LogP contribution in [0.5, 0.6) is 11.5 Å². The number of para-hydroxylation sites is 1. The van der Waals surface area contributed by atoms with Gasteiger partial charge in [-0.25, -0.2) is 4.79 Å². The van der Waals surface area contributed by atoms with Crippen LogP contribution >= 0.6 is 0 Å². The minimum atomic E-state index is -0.367. The number of phenols is 1. The Morgan fingerprint density at radius 2 is 1.91 bits per heavy atom. The molecule has 0 unspecified atom stereocenters. The number of nitrogens with one attached hydrogen (secondary N) is 1. The molecular formula is C17H19NO4. The van der Waals surface area contributed by atoms with Gasteiger partial charge in [-0.1, -0.05) is 12.1 Å². The number of phenolic OH excluding ortho intramolecular Hbond substituents is 1. The highest BCUT2D eigenvalue weighted by atomic mass is 16.5. The molecule has 0 heterocycles. The van der Waals surface area contributed by atoms with Crippen molar-refractivity contribution in [3.8, 4) is 11.5 Å². The Labute approximate surface area is 129 Å². The number of benzene rings is 2. The average molecular weight is 301 g/mol. The summed E-state index contributed by atoms with van der Waals surface area (Å²) in [4.78, 5) is 11.4. The zero-order valence-corrected chi connectivity index (χ0v) is 12.6. The monoisotopic (exact) mass is 301 g/mol. The van der Waals surface area contributed by atoms with E-state index in [-0.39, 0.29) is 11.7 Å². The fourth-order valence-corrected chi connectivity index (χ4v) is 2.02. The minimum Gasteiger partial charge on any atom is -0.504 e. The fraction of sp³-hybridized carbons (Fsp3) is 0.235. The van der Waals surface area contributed by atoms with E-state index in [2.05, 4.69) is 10.1 Å². The largest absolute Gasteiger partial charge is 0.504 e. The maximum absolute atomic E-state index is 11.4. The molecule has 0 radical (unpaired) electrons. The van der Waals surface area contributed by atoms with Gasteiger partial charge >= 0.3 is 5.97 Å². The summed E-state index contributed by atoms with van der Waals surface area (Å²) in [5.41, 5.74) is 2.08. The van der Waals surface area contributed by atoms with Crippen molar-refractivity contribution in [1.82, 2.24) is 0 Å². The minimum absolute atomic E-state index is 0.142. The zero-order chi connectivity index (χ0) is 15.9. The van der Waals surface area contributed by atoms with Gasteiger partial charge in [0, 0.05) is 17.8 Å². The molecule has 0 aliphatic carbocycles. The number of aromatic hydroxyl groups is 1. The van der Waals surface area contributed by atoms with Crippen LogP contribution in [0.4, 0.5) is 5.69 Å². The lowest BCUT2D eigenvalue weighted by atomic mass is 10.1. The van der Waals surface area contributed by atoms with Crippen LogP contribution in [0.1, 0.15) is 22.8 Å². The molecule has 2 aromatic rings. The summed E-state index contributed by atoms with van der Waals surface area (Å²) in [6.07, 6.45) is 0. The Bertz CT molecular complexity index is 638. The normalized spacial score (nSPS) is 10.1. The molecule has 0 saturated carbocycles. The molecule has 0 spiro atoms. The van der Waals surface area contributed by atoms with Crippen molar-refractivity contribution in [3.05, 3.63) is 53.6 Å². The lowest BCUT2D eigenvalue weighted by Crippen LogP contribution is -2.03. The molecule has 0 aliphatic rings. The summed E-state index contributed by atoms with van der Waals surface area (Å²) < 4.78 is 10.0. The van der Waals surface area contributed by atoms with Crippen LogP contribution in [0.25, 0.3) is 0 Å². The van der Waals surface area contributed by atoms with Crippen molar-refractivity contribution in [2.45, 2.75) is 13.5 Å². The second-order valence-electron chi connectivity index (χ2n) is 4.62. The lowest BCUT2D eigenvalue weighted by molar-refractivity contribution is 0.0601. The van der Waals surface area contributed by atoms with E-state index in [1.807, 2.05) is 19.1 Å². The summed E-state index contributed by atoms with van der Waals surface area (Å²) in [7, 11) is 1.35. The molecule has 2 aromatic carbocycles. The average Bonchev–Trinajstić information content (AvgIpc) is 2.55. The summed E-state index contributed by atoms with van der Waals surface area (Å²) in [5.74, 6) is 0.250. The molecule has 2 rings (SSSR count). The van der Waals surface area contributed by atoms with Crippen molar-refractivity contribution in [2.75, 3.05) is 19.0 Å². The van der Waals surface area contributed by atoms with E-state index < -0.39 is 0 Å². The van der Waals surface area contributed by atoms with Crippen LogP contribution in [-0.4, -0.2) is 24.8 Å². The standard InChI is InChI=1S/C17H19NO4/c1-3-22-15-6-4-5-13(16(15)19)11-18-14-9-7-12(8-10-14)17(20)21-2/h4-10,18-19H,3,11H2,1-2H3. The highest BCUT2D eigenvalue weighted by molar-refractivity contribution is 5.89. The summed E-state index contributed by atoms with van der Waals surface area (Å²) in [6.45, 7) is 2.82. The maximum Gasteiger partial charge on any atom is 0.337 e. The van der Waals surface area contributed by atoms with Crippen molar-refractivity contribution >= 4 is 11.7 Å². The summed E-state index contributed by atoms with van der Waals surface area (Å²) in [6, 6.07) is 12.3. The van der Waals surface area contributed by atoms with E-state index in [0.29, 0.717) is 24.5 Å². The molecule has 0 atom stereocenters. The second-order valence-corrected chi connectivity index (χ2v) is 4.62. The van der Waals surface area contributed by atoms with Gasteiger partial charge in [0.05, 0.1) is 19.3 Å². The Morgan fingerprint density at radius 3 is 2.55 bits per heavy atom. The number of carbonyl (C=O) groups excluding carboxylic acids is 1. The number of hydrogen-bond acceptors (Lipinski definition) is 5. The first-order chi connectivity index (χ1) is 10.7. The molecular weight excluding hydrogens is 282 g/mol. The van der Waals surface area contributed by atoms with E-state index >= 15 is 0 Å². The van der Waals surface area contributed by atoms with E-state index in [0.717, 1.165) is 11.3 Å². The van der Waals surface area contributed by atoms with E-state index in [4.69, 9.17) is 4.74 Å². The van der Waals surface area contributed by atoms with Gasteiger partial charge in [0.15, 0.2) is 11.5 Å². The van der Waals surface area contributed by atoms with Gasteiger partial charge in [0.2, 0.25) is 0 Å². The molecule has 5 heteroatoms. The molecule has 116 valence electrons. The highest BCUT2D eigenvalue weighted by Gasteiger charge is 2.08. The molecule has 22 heavy (non-hydrogen) atoms. The fourth-order valence-electron chi connectivity index (χ4n) is 2.02. The van der Waals surface area contributed by atoms with Crippen LogP contribution in [0.2, 0.25) is 0 Å². The maximum atomic E-state index is 11.4. The van der Waals surface area contributed by atoms with Crippen molar-refractivity contribution in [1.29, 1.82) is 0 Å². The van der Waals surface area contributed by atoms with Crippen LogP contribution in [0, 0.1) is 0 Å². The lowest BCUT2D eigenvalue weighted by Gasteiger charge is -2.12. The highest BCUT2D eigenvalue weighted by Crippen LogP contribution is 2.30. The topological polar surface area (TPSA) is 67.8 Å². The van der Waals surface area contributed by atoms with Gasteiger partial charge < -0.3 is 19.9 Å². The molecule has 5 nitrogen and oxygen atoms in total. The summed E-state index contributed by atoms with van der Waals surface area (Å²) >= 11 is 0. The number of ether oxygens (including phenoxy) is 2. The molecule has 0 aromatic heterocycles. The van der Waals surface area contributed by atoms with Gasteiger partial charge in [0.25, 0.3) is 0 Å². The van der Waals surface area contributed by atoms with Gasteiger partial charge in [-0.05, 0) is 37.3 Å². The van der Waals surface area contributed by atoms with Crippen LogP contribution in [0.15, 0.2) is 42.5 Å². The predicted molar refractivity (Wildman–Crippen MR) is 84.4 cm³/mol. The third-order valence-corrected chi connectivity index (χ3v) is 3.17. The van der Waals surface area contributed by atoms with Gasteiger partial charge in [-0.2, -0.15) is 0 Å². The van der Waals surface area contributed by atoms with Gasteiger partial charge in [-0.3, -0.25) is 0 Å². The van der Waals surface area contributed by atoms with Crippen molar-refractivity contribution < 1.29 is 19.4 Å². The SMILES string of the molecule is CCOc1cccc(CNc2ccc(C(=O)OC)cc2)c1O. The molecule has 0 saturated heterocycles.